The van der Waals surface area contributed by atoms with E-state index in [0.29, 0.717) is 11.3 Å². The van der Waals surface area contributed by atoms with Gasteiger partial charge in [-0.25, -0.2) is 4.79 Å². The van der Waals surface area contributed by atoms with Crippen molar-refractivity contribution < 1.29 is 19.1 Å². The molecule has 0 saturated heterocycles. The Hall–Kier alpha value is -2.82. The van der Waals surface area contributed by atoms with Crippen LogP contribution in [0.5, 0.6) is 0 Å². The molecule has 1 heterocycles. The minimum Gasteiger partial charge on any atom is -0.478 e. The van der Waals surface area contributed by atoms with Crippen LogP contribution in [0.4, 0.5) is 5.69 Å². The SMILES string of the molecule is CCc1ccc(C(=O)Nc2cccc(/C=C/C(=O)O)c2)o1. The fraction of sp³-hybridized carbons (Fsp3) is 0.125. The zero-order valence-corrected chi connectivity index (χ0v) is 11.5. The largest absolute Gasteiger partial charge is 0.478 e. The molecule has 108 valence electrons. The van der Waals surface area contributed by atoms with Gasteiger partial charge in [0.15, 0.2) is 5.76 Å². The van der Waals surface area contributed by atoms with E-state index in [2.05, 4.69) is 5.32 Å². The standard InChI is InChI=1S/C16H15NO4/c1-2-13-7-8-14(21-13)16(20)17-12-5-3-4-11(10-12)6-9-15(18)19/h3-10H,2H2,1H3,(H,17,20)(H,18,19)/b9-6+. The highest BCUT2D eigenvalue weighted by atomic mass is 16.4. The van der Waals surface area contributed by atoms with E-state index in [-0.39, 0.29) is 11.7 Å². The first kappa shape index (κ1) is 14.6. The predicted molar refractivity (Wildman–Crippen MR) is 79.2 cm³/mol. The highest BCUT2D eigenvalue weighted by Crippen LogP contribution is 2.15. The number of carbonyl (C=O) groups excluding carboxylic acids is 1. The topological polar surface area (TPSA) is 79.5 Å². The number of carboxylic acids is 1. The average molecular weight is 285 g/mol. The van der Waals surface area contributed by atoms with Gasteiger partial charge in [0, 0.05) is 18.2 Å². The lowest BCUT2D eigenvalue weighted by Gasteiger charge is -2.04. The summed E-state index contributed by atoms with van der Waals surface area (Å²) in [6, 6.07) is 10.3. The zero-order chi connectivity index (χ0) is 15.2. The number of anilines is 1. The normalized spacial score (nSPS) is 10.7. The Kier molecular flexibility index (Phi) is 4.56. The number of furan rings is 1. The number of aryl methyl sites for hydroxylation is 1. The Bertz CT molecular complexity index is 685. The van der Waals surface area contributed by atoms with Crippen LogP contribution in [0.3, 0.4) is 0 Å². The van der Waals surface area contributed by atoms with Gasteiger partial charge in [-0.15, -0.1) is 0 Å². The third-order valence-electron chi connectivity index (χ3n) is 2.80. The van der Waals surface area contributed by atoms with Gasteiger partial charge in [-0.2, -0.15) is 0 Å². The van der Waals surface area contributed by atoms with E-state index in [1.54, 1.807) is 36.4 Å². The summed E-state index contributed by atoms with van der Waals surface area (Å²) in [5.74, 6) is -0.363. The molecule has 5 nitrogen and oxygen atoms in total. The highest BCUT2D eigenvalue weighted by Gasteiger charge is 2.10. The minimum absolute atomic E-state index is 0.248. The van der Waals surface area contributed by atoms with Gasteiger partial charge >= 0.3 is 5.97 Å². The molecule has 0 bridgehead atoms. The first-order chi connectivity index (χ1) is 10.1. The van der Waals surface area contributed by atoms with Crippen molar-refractivity contribution in [3.8, 4) is 0 Å². The molecule has 1 aromatic carbocycles. The number of hydrogen-bond acceptors (Lipinski definition) is 3. The van der Waals surface area contributed by atoms with Crippen molar-refractivity contribution in [3.63, 3.8) is 0 Å². The molecular weight excluding hydrogens is 270 g/mol. The smallest absolute Gasteiger partial charge is 0.328 e. The van der Waals surface area contributed by atoms with Crippen molar-refractivity contribution in [1.29, 1.82) is 0 Å². The summed E-state index contributed by atoms with van der Waals surface area (Å²) in [5.41, 5.74) is 1.26. The molecule has 21 heavy (non-hydrogen) atoms. The number of rotatable bonds is 5. The van der Waals surface area contributed by atoms with Gasteiger partial charge in [0.05, 0.1) is 0 Å². The van der Waals surface area contributed by atoms with E-state index >= 15 is 0 Å². The van der Waals surface area contributed by atoms with Gasteiger partial charge in [-0.1, -0.05) is 19.1 Å². The Morgan fingerprint density at radius 1 is 1.29 bits per heavy atom. The van der Waals surface area contributed by atoms with Gasteiger partial charge in [-0.05, 0) is 35.9 Å². The number of carbonyl (C=O) groups is 2. The summed E-state index contributed by atoms with van der Waals surface area (Å²) in [7, 11) is 0. The van der Waals surface area contributed by atoms with Crippen LogP contribution in [0.25, 0.3) is 6.08 Å². The molecule has 2 rings (SSSR count). The Morgan fingerprint density at radius 3 is 2.76 bits per heavy atom. The molecule has 0 spiro atoms. The Morgan fingerprint density at radius 2 is 2.10 bits per heavy atom. The fourth-order valence-corrected chi connectivity index (χ4v) is 1.77. The Labute approximate surface area is 121 Å². The summed E-state index contributed by atoms with van der Waals surface area (Å²) >= 11 is 0. The molecule has 0 atom stereocenters. The van der Waals surface area contributed by atoms with Crippen molar-refractivity contribution in [2.45, 2.75) is 13.3 Å². The summed E-state index contributed by atoms with van der Waals surface area (Å²) in [6.07, 6.45) is 3.23. The van der Waals surface area contributed by atoms with Crippen LogP contribution in [-0.4, -0.2) is 17.0 Å². The van der Waals surface area contributed by atoms with E-state index in [1.807, 2.05) is 6.92 Å². The highest BCUT2D eigenvalue weighted by molar-refractivity contribution is 6.02. The van der Waals surface area contributed by atoms with E-state index in [0.717, 1.165) is 18.3 Å². The lowest BCUT2D eigenvalue weighted by molar-refractivity contribution is -0.131. The fourth-order valence-electron chi connectivity index (χ4n) is 1.77. The van der Waals surface area contributed by atoms with Crippen molar-refractivity contribution in [3.05, 3.63) is 59.6 Å². The molecule has 2 N–H and O–H groups in total. The summed E-state index contributed by atoms with van der Waals surface area (Å²) in [4.78, 5) is 22.5. The number of carboxylic acid groups (broad SMARTS) is 1. The van der Waals surface area contributed by atoms with Crippen LogP contribution in [0.2, 0.25) is 0 Å². The molecule has 0 aliphatic heterocycles. The average Bonchev–Trinajstić information content (AvgIpc) is 2.94. The number of amides is 1. The maximum absolute atomic E-state index is 12.0. The maximum Gasteiger partial charge on any atom is 0.328 e. The van der Waals surface area contributed by atoms with Crippen LogP contribution >= 0.6 is 0 Å². The van der Waals surface area contributed by atoms with Gasteiger partial charge < -0.3 is 14.8 Å². The second-order valence-corrected chi connectivity index (χ2v) is 4.37. The molecular formula is C16H15NO4. The van der Waals surface area contributed by atoms with Crippen molar-refractivity contribution in [1.82, 2.24) is 0 Å². The lowest BCUT2D eigenvalue weighted by atomic mass is 10.2. The van der Waals surface area contributed by atoms with Crippen LogP contribution in [0, 0.1) is 0 Å². The van der Waals surface area contributed by atoms with Crippen LogP contribution in [0.1, 0.15) is 28.8 Å². The molecule has 5 heteroatoms. The number of benzene rings is 1. The molecule has 1 aromatic heterocycles. The zero-order valence-electron chi connectivity index (χ0n) is 11.5. The van der Waals surface area contributed by atoms with E-state index in [9.17, 15) is 9.59 Å². The molecule has 0 fully saturated rings. The van der Waals surface area contributed by atoms with E-state index in [1.165, 1.54) is 6.08 Å². The van der Waals surface area contributed by atoms with Crippen LogP contribution in [0.15, 0.2) is 46.9 Å². The number of aliphatic carboxylic acids is 1. The first-order valence-corrected chi connectivity index (χ1v) is 6.49. The molecule has 0 aliphatic rings. The molecule has 0 radical (unpaired) electrons. The molecule has 0 aliphatic carbocycles. The maximum atomic E-state index is 12.0. The summed E-state index contributed by atoms with van der Waals surface area (Å²) in [5, 5.41) is 11.3. The minimum atomic E-state index is -1.02. The van der Waals surface area contributed by atoms with Gasteiger partial charge in [0.2, 0.25) is 0 Å². The van der Waals surface area contributed by atoms with Crippen LogP contribution < -0.4 is 5.32 Å². The van der Waals surface area contributed by atoms with Crippen molar-refractivity contribution in [2.24, 2.45) is 0 Å². The monoisotopic (exact) mass is 285 g/mol. The van der Waals surface area contributed by atoms with E-state index in [4.69, 9.17) is 9.52 Å². The summed E-state index contributed by atoms with van der Waals surface area (Å²) in [6.45, 7) is 1.94. The second kappa shape index (κ2) is 6.56. The van der Waals surface area contributed by atoms with Gasteiger partial charge in [-0.3, -0.25) is 4.79 Å². The third kappa shape index (κ3) is 4.07. The number of hydrogen-bond donors (Lipinski definition) is 2. The second-order valence-electron chi connectivity index (χ2n) is 4.37. The van der Waals surface area contributed by atoms with Gasteiger partial charge in [0.1, 0.15) is 5.76 Å². The Balaban J connectivity index is 2.10. The van der Waals surface area contributed by atoms with Crippen molar-refractivity contribution in [2.75, 3.05) is 5.32 Å². The first-order valence-electron chi connectivity index (χ1n) is 6.49. The molecule has 0 saturated carbocycles. The van der Waals surface area contributed by atoms with E-state index < -0.39 is 5.97 Å². The lowest BCUT2D eigenvalue weighted by Crippen LogP contribution is -2.10. The summed E-state index contributed by atoms with van der Waals surface area (Å²) < 4.78 is 5.37. The number of nitrogens with one attached hydrogen (secondary N) is 1. The van der Waals surface area contributed by atoms with Crippen molar-refractivity contribution >= 4 is 23.6 Å². The molecule has 0 unspecified atom stereocenters. The van der Waals surface area contributed by atoms with Gasteiger partial charge in [0.25, 0.3) is 5.91 Å². The third-order valence-corrected chi connectivity index (χ3v) is 2.80. The molecule has 2 aromatic rings. The van der Waals surface area contributed by atoms with Crippen LogP contribution in [-0.2, 0) is 11.2 Å². The predicted octanol–water partition coefficient (Wildman–Crippen LogP) is 3.19. The molecule has 1 amide bonds. The quantitative estimate of drug-likeness (QED) is 0.827.